The molecular formula is C4H11ClN2O2. The highest BCUT2D eigenvalue weighted by atomic mass is 35.5. The molecule has 0 radical (unpaired) electrons. The average Bonchev–Trinajstić information content (AvgIpc) is 1.61. The van der Waals surface area contributed by atoms with Gasteiger partial charge < -0.3 is 16.2 Å². The Balaban J connectivity index is 0. The van der Waals surface area contributed by atoms with Crippen molar-refractivity contribution in [1.82, 2.24) is 5.32 Å². The second-order valence-corrected chi connectivity index (χ2v) is 1.66. The van der Waals surface area contributed by atoms with Gasteiger partial charge in [0.15, 0.2) is 0 Å². The first kappa shape index (κ1) is 11.3. The summed E-state index contributed by atoms with van der Waals surface area (Å²) in [7, 11) is 0. The van der Waals surface area contributed by atoms with Crippen LogP contribution in [0.4, 0.5) is 4.79 Å². The molecule has 0 saturated heterocycles. The van der Waals surface area contributed by atoms with Crippen molar-refractivity contribution in [2.24, 2.45) is 5.73 Å². The number of hydrogen-bond donors (Lipinski definition) is 3. The average molecular weight is 155 g/mol. The van der Waals surface area contributed by atoms with Gasteiger partial charge >= 0.3 is 6.09 Å². The van der Waals surface area contributed by atoms with E-state index in [-0.39, 0.29) is 18.4 Å². The molecule has 1 amide bonds. The first-order chi connectivity index (χ1) is 3.63. The molecule has 1 atom stereocenters. The summed E-state index contributed by atoms with van der Waals surface area (Å²) >= 11 is 0. The fraction of sp³-hybridized carbons (Fsp3) is 0.750. The number of rotatable bonds is 2. The van der Waals surface area contributed by atoms with Gasteiger partial charge in [0.05, 0.1) is 0 Å². The summed E-state index contributed by atoms with van der Waals surface area (Å²) < 4.78 is 0. The van der Waals surface area contributed by atoms with Crippen molar-refractivity contribution in [1.29, 1.82) is 0 Å². The minimum absolute atomic E-state index is 0. The smallest absolute Gasteiger partial charge is 0.404 e. The maximum atomic E-state index is 9.74. The molecule has 0 unspecified atom stereocenters. The summed E-state index contributed by atoms with van der Waals surface area (Å²) in [6, 6.07) is -0.105. The highest BCUT2D eigenvalue weighted by Gasteiger charge is 1.94. The first-order valence-corrected chi connectivity index (χ1v) is 2.35. The third kappa shape index (κ3) is 11.2. The van der Waals surface area contributed by atoms with Crippen molar-refractivity contribution < 1.29 is 9.90 Å². The minimum atomic E-state index is -1.03. The second-order valence-electron chi connectivity index (χ2n) is 1.66. The summed E-state index contributed by atoms with van der Waals surface area (Å²) in [5.41, 5.74) is 5.21. The van der Waals surface area contributed by atoms with E-state index in [4.69, 9.17) is 10.8 Å². The zero-order valence-corrected chi connectivity index (χ0v) is 5.94. The summed E-state index contributed by atoms with van der Waals surface area (Å²) in [5, 5.41) is 10.1. The molecule has 0 saturated carbocycles. The molecule has 0 aliphatic rings. The largest absolute Gasteiger partial charge is 0.465 e. The van der Waals surface area contributed by atoms with E-state index in [0.29, 0.717) is 6.54 Å². The van der Waals surface area contributed by atoms with Crippen LogP contribution in [0, 0.1) is 0 Å². The zero-order valence-electron chi connectivity index (χ0n) is 5.13. The minimum Gasteiger partial charge on any atom is -0.465 e. The van der Waals surface area contributed by atoms with Gasteiger partial charge in [-0.05, 0) is 6.92 Å². The molecule has 4 N–H and O–H groups in total. The monoisotopic (exact) mass is 154 g/mol. The summed E-state index contributed by atoms with van der Waals surface area (Å²) in [4.78, 5) is 9.74. The van der Waals surface area contributed by atoms with Crippen molar-refractivity contribution in [2.45, 2.75) is 13.0 Å². The maximum Gasteiger partial charge on any atom is 0.404 e. The quantitative estimate of drug-likeness (QED) is 0.525. The fourth-order valence-electron chi connectivity index (χ4n) is 0.248. The molecule has 5 heteroatoms. The van der Waals surface area contributed by atoms with Crippen LogP contribution in [0.25, 0.3) is 0 Å². The van der Waals surface area contributed by atoms with Crippen LogP contribution >= 0.6 is 12.4 Å². The molecule has 0 aromatic carbocycles. The van der Waals surface area contributed by atoms with E-state index >= 15 is 0 Å². The van der Waals surface area contributed by atoms with Crippen molar-refractivity contribution in [2.75, 3.05) is 6.54 Å². The highest BCUT2D eigenvalue weighted by Crippen LogP contribution is 1.68. The lowest BCUT2D eigenvalue weighted by Crippen LogP contribution is -2.34. The second kappa shape index (κ2) is 5.65. The molecule has 0 aromatic heterocycles. The summed E-state index contributed by atoms with van der Waals surface area (Å²) in [6.07, 6.45) is -1.03. The predicted molar refractivity (Wildman–Crippen MR) is 36.9 cm³/mol. The van der Waals surface area contributed by atoms with Crippen molar-refractivity contribution in [3.05, 3.63) is 0 Å². The van der Waals surface area contributed by atoms with E-state index in [2.05, 4.69) is 5.32 Å². The van der Waals surface area contributed by atoms with E-state index < -0.39 is 6.09 Å². The number of hydrogen-bond acceptors (Lipinski definition) is 2. The highest BCUT2D eigenvalue weighted by molar-refractivity contribution is 5.85. The molecule has 0 aliphatic heterocycles. The molecule has 9 heavy (non-hydrogen) atoms. The van der Waals surface area contributed by atoms with Crippen molar-refractivity contribution in [3.63, 3.8) is 0 Å². The fourth-order valence-corrected chi connectivity index (χ4v) is 0.248. The lowest BCUT2D eigenvalue weighted by Gasteiger charge is -2.01. The lowest BCUT2D eigenvalue weighted by molar-refractivity contribution is 0.194. The third-order valence-electron chi connectivity index (χ3n) is 0.575. The Hall–Kier alpha value is -0.480. The molecule has 0 spiro atoms. The lowest BCUT2D eigenvalue weighted by atomic mass is 10.4. The van der Waals surface area contributed by atoms with Gasteiger partial charge in [-0.1, -0.05) is 0 Å². The molecule has 0 aliphatic carbocycles. The molecule has 0 aromatic rings. The van der Waals surface area contributed by atoms with E-state index in [1.54, 1.807) is 6.92 Å². The Morgan fingerprint density at radius 3 is 2.44 bits per heavy atom. The normalized spacial score (nSPS) is 11.3. The maximum absolute atomic E-state index is 9.74. The number of nitrogens with two attached hydrogens (primary N) is 1. The van der Waals surface area contributed by atoms with Crippen LogP contribution in [0.1, 0.15) is 6.92 Å². The number of nitrogens with one attached hydrogen (secondary N) is 1. The number of amides is 1. The van der Waals surface area contributed by atoms with Crippen LogP contribution in [-0.2, 0) is 0 Å². The van der Waals surface area contributed by atoms with Gasteiger partial charge in [0.25, 0.3) is 0 Å². The van der Waals surface area contributed by atoms with Gasteiger partial charge in [0.2, 0.25) is 0 Å². The molecule has 4 nitrogen and oxygen atoms in total. The van der Waals surface area contributed by atoms with E-state index in [1.165, 1.54) is 0 Å². The zero-order chi connectivity index (χ0) is 6.57. The molecule has 0 rings (SSSR count). The van der Waals surface area contributed by atoms with Crippen LogP contribution in [-0.4, -0.2) is 23.8 Å². The Kier molecular flexibility index (Phi) is 7.12. The van der Waals surface area contributed by atoms with Crippen LogP contribution in [0.5, 0.6) is 0 Å². The van der Waals surface area contributed by atoms with Crippen LogP contribution in [0.15, 0.2) is 0 Å². The van der Waals surface area contributed by atoms with Crippen LogP contribution in [0.3, 0.4) is 0 Å². The van der Waals surface area contributed by atoms with E-state index in [1.807, 2.05) is 0 Å². The Morgan fingerprint density at radius 2 is 2.33 bits per heavy atom. The van der Waals surface area contributed by atoms with E-state index in [0.717, 1.165) is 0 Å². The van der Waals surface area contributed by atoms with Crippen molar-refractivity contribution in [3.8, 4) is 0 Å². The van der Waals surface area contributed by atoms with Crippen molar-refractivity contribution >= 4 is 18.5 Å². The molecule has 0 fully saturated rings. The summed E-state index contributed by atoms with van der Waals surface area (Å²) in [5.74, 6) is 0. The van der Waals surface area contributed by atoms with Gasteiger partial charge in [-0.25, -0.2) is 4.79 Å². The van der Waals surface area contributed by atoms with E-state index in [9.17, 15) is 4.79 Å². The summed E-state index contributed by atoms with van der Waals surface area (Å²) in [6.45, 7) is 2.05. The van der Waals surface area contributed by atoms with Gasteiger partial charge in [-0.3, -0.25) is 0 Å². The number of halogens is 1. The standard InChI is InChI=1S/C4H10N2O2.ClH/c1-3(5)2-6-4(7)8;/h3,6H,2,5H2,1H3,(H,7,8);1H/t3-;/m1./s1. The molecule has 0 bridgehead atoms. The van der Waals surface area contributed by atoms with Crippen LogP contribution in [0.2, 0.25) is 0 Å². The molecular weight excluding hydrogens is 144 g/mol. The third-order valence-corrected chi connectivity index (χ3v) is 0.575. The van der Waals surface area contributed by atoms with Gasteiger partial charge in [-0.2, -0.15) is 0 Å². The first-order valence-electron chi connectivity index (χ1n) is 2.35. The number of carboxylic acid groups (broad SMARTS) is 1. The SMILES string of the molecule is C[C@@H](N)CNC(=O)O.Cl. The Labute approximate surface area is 59.8 Å². The topological polar surface area (TPSA) is 75.3 Å². The van der Waals surface area contributed by atoms with Gasteiger partial charge in [0, 0.05) is 12.6 Å². The van der Waals surface area contributed by atoms with Crippen LogP contribution < -0.4 is 11.1 Å². The van der Waals surface area contributed by atoms with Gasteiger partial charge in [-0.15, -0.1) is 12.4 Å². The molecule has 56 valence electrons. The van der Waals surface area contributed by atoms with Gasteiger partial charge in [0.1, 0.15) is 0 Å². The predicted octanol–water partition coefficient (Wildman–Crippen LogP) is 0.0230. The molecule has 0 heterocycles. The Bertz CT molecular complexity index is 86.6. The Morgan fingerprint density at radius 1 is 1.89 bits per heavy atom. The number of carbonyl (C=O) groups is 1.